The number of nitrogens with one attached hydrogen (secondary N) is 4. The zero-order chi connectivity index (χ0) is 19.1. The summed E-state index contributed by atoms with van der Waals surface area (Å²) in [6.45, 7) is 3.22. The lowest BCUT2D eigenvalue weighted by atomic mass is 10.1. The third-order valence-corrected chi connectivity index (χ3v) is 3.47. The molecular formula is C18H18N4O3S. The number of benzene rings is 2. The van der Waals surface area contributed by atoms with Crippen molar-refractivity contribution in [1.29, 1.82) is 0 Å². The van der Waals surface area contributed by atoms with Crippen molar-refractivity contribution in [3.8, 4) is 0 Å². The smallest absolute Gasteiger partial charge is 0.269 e. The van der Waals surface area contributed by atoms with E-state index in [1.807, 2.05) is 19.1 Å². The molecule has 0 fully saturated rings. The van der Waals surface area contributed by atoms with E-state index in [2.05, 4.69) is 21.5 Å². The third-order valence-electron chi connectivity index (χ3n) is 3.26. The molecule has 7 nitrogen and oxygen atoms in total. The van der Waals surface area contributed by atoms with Gasteiger partial charge in [-0.2, -0.15) is 0 Å². The topological polar surface area (TPSA) is 99.3 Å². The van der Waals surface area contributed by atoms with E-state index >= 15 is 0 Å². The predicted octanol–water partition coefficient (Wildman–Crippen LogP) is 1.90. The molecule has 0 atom stereocenters. The van der Waals surface area contributed by atoms with Crippen molar-refractivity contribution in [2.24, 2.45) is 0 Å². The number of anilines is 1. The Morgan fingerprint density at radius 3 is 2.19 bits per heavy atom. The highest BCUT2D eigenvalue weighted by atomic mass is 32.1. The highest BCUT2D eigenvalue weighted by molar-refractivity contribution is 7.80. The molecule has 2 aromatic carbocycles. The summed E-state index contributed by atoms with van der Waals surface area (Å²) in [6, 6.07) is 13.6. The molecule has 0 aliphatic carbocycles. The Balaban J connectivity index is 1.93. The first kappa shape index (κ1) is 19.1. The highest BCUT2D eigenvalue weighted by Gasteiger charge is 2.09. The van der Waals surface area contributed by atoms with Gasteiger partial charge in [-0.15, -0.1) is 0 Å². The highest BCUT2D eigenvalue weighted by Crippen LogP contribution is 2.12. The molecule has 2 rings (SSSR count). The Labute approximate surface area is 156 Å². The Hall–Kier alpha value is -3.26. The largest absolute Gasteiger partial charge is 0.322 e. The van der Waals surface area contributed by atoms with E-state index in [1.54, 1.807) is 36.4 Å². The number of hydrazine groups is 1. The molecule has 0 aliphatic heterocycles. The lowest BCUT2D eigenvalue weighted by Gasteiger charge is -2.10. The summed E-state index contributed by atoms with van der Waals surface area (Å²) in [5, 5.41) is 5.08. The molecule has 0 spiro atoms. The van der Waals surface area contributed by atoms with E-state index in [4.69, 9.17) is 12.2 Å². The molecule has 0 aromatic heterocycles. The first-order chi connectivity index (χ1) is 12.3. The zero-order valence-corrected chi connectivity index (χ0v) is 15.1. The molecule has 0 saturated carbocycles. The Kier molecular flexibility index (Phi) is 6.40. The quantitative estimate of drug-likeness (QED) is 0.489. The average Bonchev–Trinajstić information content (AvgIpc) is 2.59. The number of thiocarbonyl (C=S) groups is 1. The monoisotopic (exact) mass is 370 g/mol. The van der Waals surface area contributed by atoms with Crippen molar-refractivity contribution in [1.82, 2.24) is 16.2 Å². The van der Waals surface area contributed by atoms with Gasteiger partial charge < -0.3 is 10.6 Å². The van der Waals surface area contributed by atoms with Gasteiger partial charge in [0.25, 0.3) is 11.8 Å². The molecular weight excluding hydrogens is 352 g/mol. The first-order valence-corrected chi connectivity index (χ1v) is 8.12. The second-order valence-corrected chi connectivity index (χ2v) is 5.90. The molecule has 0 saturated heterocycles. The molecule has 4 N–H and O–H groups in total. The van der Waals surface area contributed by atoms with E-state index in [-0.39, 0.29) is 16.9 Å². The van der Waals surface area contributed by atoms with Crippen LogP contribution in [0.3, 0.4) is 0 Å². The van der Waals surface area contributed by atoms with Gasteiger partial charge in [0.05, 0.1) is 0 Å². The lowest BCUT2D eigenvalue weighted by molar-refractivity contribution is -0.117. The van der Waals surface area contributed by atoms with Crippen molar-refractivity contribution in [3.05, 3.63) is 65.2 Å². The van der Waals surface area contributed by atoms with Gasteiger partial charge in [-0.05, 0) is 55.5 Å². The van der Waals surface area contributed by atoms with Gasteiger partial charge >= 0.3 is 0 Å². The Morgan fingerprint density at radius 2 is 1.58 bits per heavy atom. The summed E-state index contributed by atoms with van der Waals surface area (Å²) in [5.41, 5.74) is 7.26. The maximum atomic E-state index is 12.2. The van der Waals surface area contributed by atoms with Crippen molar-refractivity contribution >= 4 is 40.7 Å². The van der Waals surface area contributed by atoms with Crippen LogP contribution in [-0.4, -0.2) is 22.8 Å². The summed E-state index contributed by atoms with van der Waals surface area (Å²) in [5.74, 6) is -1.01. The fourth-order valence-electron chi connectivity index (χ4n) is 2.07. The van der Waals surface area contributed by atoms with Crippen LogP contribution in [0.25, 0.3) is 0 Å². The van der Waals surface area contributed by atoms with Crippen molar-refractivity contribution < 1.29 is 14.4 Å². The minimum absolute atomic E-state index is 0.00659. The van der Waals surface area contributed by atoms with Gasteiger partial charge in [0.1, 0.15) is 0 Å². The number of rotatable bonds is 3. The lowest BCUT2D eigenvalue weighted by Crippen LogP contribution is -2.47. The zero-order valence-electron chi connectivity index (χ0n) is 14.3. The SMILES string of the molecule is CC(=O)NC(=S)NNC(=O)c1ccc(NC(=O)c2cccc(C)c2)cc1. The summed E-state index contributed by atoms with van der Waals surface area (Å²) >= 11 is 4.82. The van der Waals surface area contributed by atoms with Crippen LogP contribution >= 0.6 is 12.2 Å². The first-order valence-electron chi connectivity index (χ1n) is 7.71. The van der Waals surface area contributed by atoms with E-state index < -0.39 is 5.91 Å². The van der Waals surface area contributed by atoms with E-state index in [0.29, 0.717) is 16.8 Å². The number of carbonyl (C=O) groups excluding carboxylic acids is 3. The molecule has 0 bridgehead atoms. The minimum Gasteiger partial charge on any atom is -0.322 e. The van der Waals surface area contributed by atoms with Gasteiger partial charge in [0, 0.05) is 23.7 Å². The molecule has 2 aromatic rings. The number of carbonyl (C=O) groups is 3. The molecule has 8 heteroatoms. The van der Waals surface area contributed by atoms with Crippen molar-refractivity contribution in [2.45, 2.75) is 13.8 Å². The van der Waals surface area contributed by atoms with Crippen LogP contribution in [0.5, 0.6) is 0 Å². The van der Waals surface area contributed by atoms with Crippen LogP contribution in [0.15, 0.2) is 48.5 Å². The minimum atomic E-state index is -0.436. The average molecular weight is 370 g/mol. The predicted molar refractivity (Wildman–Crippen MR) is 103 cm³/mol. The van der Waals surface area contributed by atoms with E-state index in [9.17, 15) is 14.4 Å². The molecule has 26 heavy (non-hydrogen) atoms. The van der Waals surface area contributed by atoms with E-state index in [0.717, 1.165) is 5.56 Å². The van der Waals surface area contributed by atoms with Crippen LogP contribution in [0, 0.1) is 6.92 Å². The summed E-state index contributed by atoms with van der Waals surface area (Å²) in [4.78, 5) is 35.0. The fraction of sp³-hybridized carbons (Fsp3) is 0.111. The van der Waals surface area contributed by atoms with Gasteiger partial charge in [-0.3, -0.25) is 25.2 Å². The molecule has 134 valence electrons. The van der Waals surface area contributed by atoms with Crippen LogP contribution in [0.1, 0.15) is 33.2 Å². The van der Waals surface area contributed by atoms with Crippen LogP contribution < -0.4 is 21.5 Å². The van der Waals surface area contributed by atoms with Gasteiger partial charge in [0.15, 0.2) is 5.11 Å². The van der Waals surface area contributed by atoms with Gasteiger partial charge in [-0.1, -0.05) is 17.7 Å². The van der Waals surface area contributed by atoms with Crippen LogP contribution in [-0.2, 0) is 4.79 Å². The van der Waals surface area contributed by atoms with Crippen LogP contribution in [0.2, 0.25) is 0 Å². The second kappa shape index (κ2) is 8.72. The maximum Gasteiger partial charge on any atom is 0.269 e. The summed E-state index contributed by atoms with van der Waals surface area (Å²) in [6.07, 6.45) is 0. The Bertz CT molecular complexity index is 850. The number of amides is 3. The number of hydrogen-bond donors (Lipinski definition) is 4. The maximum absolute atomic E-state index is 12.2. The van der Waals surface area contributed by atoms with Crippen molar-refractivity contribution in [3.63, 3.8) is 0 Å². The number of aryl methyl sites for hydroxylation is 1. The third kappa shape index (κ3) is 5.67. The Morgan fingerprint density at radius 1 is 0.885 bits per heavy atom. The standard InChI is InChI=1S/C18H18N4O3S/c1-11-4-3-5-14(10-11)16(24)20-15-8-6-13(7-9-15)17(25)21-22-18(26)19-12(2)23/h3-10H,1-2H3,(H,20,24)(H,21,25)(H2,19,22,23,26). The fourth-order valence-corrected chi connectivity index (χ4v) is 2.27. The van der Waals surface area contributed by atoms with Gasteiger partial charge in [-0.25, -0.2) is 0 Å². The normalized spacial score (nSPS) is 9.77. The van der Waals surface area contributed by atoms with Crippen molar-refractivity contribution in [2.75, 3.05) is 5.32 Å². The summed E-state index contributed by atoms with van der Waals surface area (Å²) in [7, 11) is 0. The number of hydrogen-bond acceptors (Lipinski definition) is 4. The molecule has 0 heterocycles. The van der Waals surface area contributed by atoms with E-state index in [1.165, 1.54) is 6.92 Å². The molecule has 3 amide bonds. The van der Waals surface area contributed by atoms with Crippen LogP contribution in [0.4, 0.5) is 5.69 Å². The summed E-state index contributed by atoms with van der Waals surface area (Å²) < 4.78 is 0. The molecule has 0 aliphatic rings. The van der Waals surface area contributed by atoms with Gasteiger partial charge in [0.2, 0.25) is 5.91 Å². The second-order valence-electron chi connectivity index (χ2n) is 5.49. The molecule has 0 radical (unpaired) electrons. The molecule has 0 unspecified atom stereocenters.